The monoisotopic (exact) mass is 240 g/mol. The summed E-state index contributed by atoms with van der Waals surface area (Å²) in [6.07, 6.45) is 4.86. The highest BCUT2D eigenvalue weighted by Gasteiger charge is 2.28. The van der Waals surface area contributed by atoms with Gasteiger partial charge in [0.05, 0.1) is 0 Å². The number of piperazine rings is 1. The van der Waals surface area contributed by atoms with Crippen molar-refractivity contribution in [3.05, 3.63) is 22.8 Å². The zero-order chi connectivity index (χ0) is 11.4. The molecule has 0 bridgehead atoms. The lowest BCUT2D eigenvalue weighted by atomic mass is 10.0. The number of hydrogen-bond acceptors (Lipinski definition) is 2. The molecule has 1 saturated heterocycles. The molecule has 2 nitrogen and oxygen atoms in total. The average molecular weight is 241 g/mol. The molecule has 2 aliphatic rings. The predicted molar refractivity (Wildman–Crippen MR) is 69.7 cm³/mol. The van der Waals surface area contributed by atoms with Gasteiger partial charge >= 0.3 is 0 Å². The molecule has 0 spiro atoms. The normalized spacial score (nSPS) is 24.9. The van der Waals surface area contributed by atoms with E-state index in [1.165, 1.54) is 24.0 Å². The molecule has 1 saturated carbocycles. The summed E-state index contributed by atoms with van der Waals surface area (Å²) < 4.78 is 0. The molecule has 0 atom stereocenters. The van der Waals surface area contributed by atoms with Gasteiger partial charge in [0.15, 0.2) is 0 Å². The molecule has 90 valence electrons. The summed E-state index contributed by atoms with van der Waals surface area (Å²) in [4.78, 5) is 2.51. The average Bonchev–Trinajstić information content (AvgIpc) is 3.14. The Hall–Kier alpha value is -0.310. The lowest BCUT2D eigenvalue weighted by Gasteiger charge is -2.28. The van der Waals surface area contributed by atoms with Crippen LogP contribution in [0, 0.1) is 5.92 Å². The molecule has 3 heteroatoms. The van der Waals surface area contributed by atoms with Crippen LogP contribution in [0.4, 0.5) is 0 Å². The first kappa shape index (κ1) is 12.2. The van der Waals surface area contributed by atoms with E-state index in [0.29, 0.717) is 0 Å². The lowest BCUT2D eigenvalue weighted by molar-refractivity contribution is 0.260. The number of nitrogens with zero attached hydrogens (tertiary/aromatic N) is 1. The topological polar surface area (TPSA) is 15.3 Å². The van der Waals surface area contributed by atoms with Crippen molar-refractivity contribution in [1.29, 1.82) is 0 Å². The standard InChI is InChI=1S/C13H21ClN2/c1-2-11(13(9-14)12-3-4-12)10-16-7-5-15-6-8-16/h2,9,12,15H,3-8,10H2,1H3/b11-2-,13-9+. The molecule has 1 aliphatic carbocycles. The van der Waals surface area contributed by atoms with Gasteiger partial charge in [-0.25, -0.2) is 0 Å². The van der Waals surface area contributed by atoms with Gasteiger partial charge in [-0.3, -0.25) is 4.90 Å². The van der Waals surface area contributed by atoms with Gasteiger partial charge in [-0.15, -0.1) is 0 Å². The lowest BCUT2D eigenvalue weighted by Crippen LogP contribution is -2.44. The summed E-state index contributed by atoms with van der Waals surface area (Å²) in [6.45, 7) is 7.71. The maximum absolute atomic E-state index is 5.96. The van der Waals surface area contributed by atoms with E-state index in [4.69, 9.17) is 11.6 Å². The van der Waals surface area contributed by atoms with E-state index in [-0.39, 0.29) is 0 Å². The fraction of sp³-hybridized carbons (Fsp3) is 0.692. The van der Waals surface area contributed by atoms with Crippen LogP contribution < -0.4 is 5.32 Å². The summed E-state index contributed by atoms with van der Waals surface area (Å²) in [7, 11) is 0. The molecular weight excluding hydrogens is 220 g/mol. The zero-order valence-corrected chi connectivity index (χ0v) is 10.8. The van der Waals surface area contributed by atoms with Gasteiger partial charge in [0.2, 0.25) is 0 Å². The van der Waals surface area contributed by atoms with Gasteiger partial charge in [0.25, 0.3) is 0 Å². The SMILES string of the molecule is C/C=C(CN1CCNCC1)\C(=C/Cl)C1CC1. The van der Waals surface area contributed by atoms with Crippen LogP contribution in [0.2, 0.25) is 0 Å². The number of allylic oxidation sites excluding steroid dienone is 1. The van der Waals surface area contributed by atoms with Crippen molar-refractivity contribution in [1.82, 2.24) is 10.2 Å². The largest absolute Gasteiger partial charge is 0.314 e. The van der Waals surface area contributed by atoms with E-state index in [1.54, 1.807) is 5.54 Å². The van der Waals surface area contributed by atoms with Crippen molar-refractivity contribution in [2.45, 2.75) is 19.8 Å². The summed E-state index contributed by atoms with van der Waals surface area (Å²) in [5, 5.41) is 3.38. The fourth-order valence-corrected chi connectivity index (χ4v) is 2.59. The van der Waals surface area contributed by atoms with Crippen LogP contribution in [0.15, 0.2) is 22.8 Å². The minimum atomic E-state index is 0.742. The van der Waals surface area contributed by atoms with E-state index in [1.807, 2.05) is 0 Å². The van der Waals surface area contributed by atoms with Crippen molar-refractivity contribution in [2.75, 3.05) is 32.7 Å². The maximum atomic E-state index is 5.96. The molecule has 0 radical (unpaired) electrons. The van der Waals surface area contributed by atoms with Crippen LogP contribution in [0.3, 0.4) is 0 Å². The zero-order valence-electron chi connectivity index (χ0n) is 10.0. The van der Waals surface area contributed by atoms with Crippen LogP contribution in [-0.4, -0.2) is 37.6 Å². The third kappa shape index (κ3) is 3.09. The predicted octanol–water partition coefficient (Wildman–Crippen LogP) is 2.37. The first-order valence-electron chi connectivity index (χ1n) is 6.24. The first-order chi connectivity index (χ1) is 7.85. The van der Waals surface area contributed by atoms with Gasteiger partial charge in [-0.1, -0.05) is 17.7 Å². The summed E-state index contributed by atoms with van der Waals surface area (Å²) in [5.74, 6) is 0.742. The molecule has 0 aromatic carbocycles. The Kier molecular flexibility index (Phi) is 4.45. The second-order valence-corrected chi connectivity index (χ2v) is 4.90. The van der Waals surface area contributed by atoms with Crippen molar-refractivity contribution in [3.8, 4) is 0 Å². The van der Waals surface area contributed by atoms with Gasteiger partial charge in [-0.05, 0) is 36.8 Å². The minimum absolute atomic E-state index is 0.742. The van der Waals surface area contributed by atoms with E-state index >= 15 is 0 Å². The molecule has 1 heterocycles. The summed E-state index contributed by atoms with van der Waals surface area (Å²) in [6, 6.07) is 0. The molecule has 2 fully saturated rings. The number of nitrogens with one attached hydrogen (secondary N) is 1. The van der Waals surface area contributed by atoms with Crippen LogP contribution in [0.1, 0.15) is 19.8 Å². The Morgan fingerprint density at radius 3 is 2.56 bits per heavy atom. The van der Waals surface area contributed by atoms with Crippen LogP contribution in [0.25, 0.3) is 0 Å². The molecule has 2 rings (SSSR count). The molecule has 0 aromatic heterocycles. The Balaban J connectivity index is 1.94. The summed E-state index contributed by atoms with van der Waals surface area (Å²) >= 11 is 5.96. The van der Waals surface area contributed by atoms with E-state index in [9.17, 15) is 0 Å². The highest BCUT2D eigenvalue weighted by atomic mass is 35.5. The molecule has 0 amide bonds. The highest BCUT2D eigenvalue weighted by molar-refractivity contribution is 6.26. The summed E-state index contributed by atoms with van der Waals surface area (Å²) in [5.41, 5.74) is 4.61. The molecular formula is C13H21ClN2. The number of rotatable bonds is 4. The van der Waals surface area contributed by atoms with Crippen LogP contribution in [-0.2, 0) is 0 Å². The number of halogens is 1. The third-order valence-corrected chi connectivity index (χ3v) is 3.69. The van der Waals surface area contributed by atoms with Gasteiger partial charge in [0, 0.05) is 38.3 Å². The van der Waals surface area contributed by atoms with Crippen molar-refractivity contribution in [3.63, 3.8) is 0 Å². The second-order valence-electron chi connectivity index (χ2n) is 4.68. The van der Waals surface area contributed by atoms with E-state index in [2.05, 4.69) is 23.2 Å². The van der Waals surface area contributed by atoms with Gasteiger partial charge in [0.1, 0.15) is 0 Å². The quantitative estimate of drug-likeness (QED) is 0.759. The molecule has 16 heavy (non-hydrogen) atoms. The first-order valence-corrected chi connectivity index (χ1v) is 6.67. The van der Waals surface area contributed by atoms with Crippen molar-refractivity contribution >= 4 is 11.6 Å². The van der Waals surface area contributed by atoms with Crippen molar-refractivity contribution < 1.29 is 0 Å². The molecule has 1 aliphatic heterocycles. The Bertz CT molecular complexity index is 286. The van der Waals surface area contributed by atoms with Crippen LogP contribution >= 0.6 is 11.6 Å². The smallest absolute Gasteiger partial charge is 0.0234 e. The van der Waals surface area contributed by atoms with Gasteiger partial charge < -0.3 is 5.32 Å². The second kappa shape index (κ2) is 5.85. The third-order valence-electron chi connectivity index (χ3n) is 3.46. The number of hydrogen-bond donors (Lipinski definition) is 1. The fourth-order valence-electron chi connectivity index (χ4n) is 2.28. The Morgan fingerprint density at radius 1 is 1.38 bits per heavy atom. The van der Waals surface area contributed by atoms with Crippen molar-refractivity contribution in [2.24, 2.45) is 5.92 Å². The minimum Gasteiger partial charge on any atom is -0.314 e. The molecule has 0 aromatic rings. The highest BCUT2D eigenvalue weighted by Crippen LogP contribution is 2.40. The van der Waals surface area contributed by atoms with Crippen LogP contribution in [0.5, 0.6) is 0 Å². The van der Waals surface area contributed by atoms with Gasteiger partial charge in [-0.2, -0.15) is 0 Å². The van der Waals surface area contributed by atoms with E-state index < -0.39 is 0 Å². The maximum Gasteiger partial charge on any atom is 0.0234 e. The Morgan fingerprint density at radius 2 is 2.06 bits per heavy atom. The molecule has 0 unspecified atom stereocenters. The Labute approximate surface area is 103 Å². The van der Waals surface area contributed by atoms with E-state index in [0.717, 1.165) is 38.6 Å². The molecule has 1 N–H and O–H groups in total.